The lowest BCUT2D eigenvalue weighted by Gasteiger charge is -2.05. The molecule has 0 saturated heterocycles. The molecule has 0 bridgehead atoms. The van der Waals surface area contributed by atoms with E-state index < -0.39 is 0 Å². The van der Waals surface area contributed by atoms with Crippen LogP contribution in [0.25, 0.3) is 5.53 Å². The molecule has 0 amide bonds. The van der Waals surface area contributed by atoms with Crippen molar-refractivity contribution in [2.24, 2.45) is 5.92 Å². The highest BCUT2D eigenvalue weighted by Gasteiger charge is 2.11. The van der Waals surface area contributed by atoms with Gasteiger partial charge in [0, 0.05) is 5.57 Å². The van der Waals surface area contributed by atoms with E-state index in [2.05, 4.69) is 25.6 Å². The summed E-state index contributed by atoms with van der Waals surface area (Å²) in [5.41, 5.74) is 9.12. The Kier molecular flexibility index (Phi) is 8.36. The first-order valence-corrected chi connectivity index (χ1v) is 6.02. The topological polar surface area (TPSA) is 53.5 Å². The average Bonchev–Trinajstić information content (AvgIpc) is 2.22. The largest absolute Gasteiger partial charge is 0.361 e. The van der Waals surface area contributed by atoms with Gasteiger partial charge in [-0.2, -0.15) is 4.79 Å². The fourth-order valence-electron chi connectivity index (χ4n) is 1.53. The Morgan fingerprint density at radius 3 is 2.56 bits per heavy atom. The molecular weight excluding hydrogens is 200 g/mol. The molecule has 0 heterocycles. The lowest BCUT2D eigenvalue weighted by Crippen LogP contribution is -2.07. The van der Waals surface area contributed by atoms with E-state index in [0.717, 1.165) is 31.1 Å². The molecule has 0 saturated carbocycles. The minimum Gasteiger partial charge on any atom is -0.361 e. The highest BCUT2D eigenvalue weighted by Crippen LogP contribution is 2.13. The molecule has 0 fully saturated rings. The molecule has 0 aromatic rings. The number of allylic oxidation sites excluding steroid dienone is 2. The van der Waals surface area contributed by atoms with Crippen LogP contribution in [-0.4, -0.2) is 16.8 Å². The van der Waals surface area contributed by atoms with Gasteiger partial charge in [-0.15, -0.1) is 0 Å². The van der Waals surface area contributed by atoms with E-state index >= 15 is 0 Å². The normalized spacial score (nSPS) is 11.4. The third-order valence-electron chi connectivity index (χ3n) is 2.32. The van der Waals surface area contributed by atoms with Crippen molar-refractivity contribution >= 4 is 12.0 Å². The van der Waals surface area contributed by atoms with Gasteiger partial charge in [-0.25, -0.2) is 0 Å². The summed E-state index contributed by atoms with van der Waals surface area (Å²) in [6.45, 7) is 6.30. The van der Waals surface area contributed by atoms with Gasteiger partial charge in [0.15, 0.2) is 0 Å². The van der Waals surface area contributed by atoms with Crippen LogP contribution in [0.3, 0.4) is 0 Å². The summed E-state index contributed by atoms with van der Waals surface area (Å²) < 4.78 is 0. The zero-order chi connectivity index (χ0) is 12.4. The standard InChI is InChI=1S/C13H22N2O/c1-4-5-6-7-8-12(9-11(2)3)13(16)10-15-14/h8,10-11H,4-7,9H2,1-3H3/b12-8-. The molecule has 0 aliphatic rings. The Labute approximate surface area is 98.2 Å². The first-order chi connectivity index (χ1) is 7.61. The Morgan fingerprint density at radius 2 is 2.06 bits per heavy atom. The number of carbonyl (C=O) groups excluding carboxylic acids is 1. The van der Waals surface area contributed by atoms with Crippen LogP contribution in [0, 0.1) is 5.92 Å². The zero-order valence-electron chi connectivity index (χ0n) is 10.6. The Balaban J connectivity index is 4.40. The zero-order valence-corrected chi connectivity index (χ0v) is 10.6. The van der Waals surface area contributed by atoms with Gasteiger partial charge in [0.2, 0.25) is 0 Å². The quantitative estimate of drug-likeness (QED) is 0.204. The second-order valence-electron chi connectivity index (χ2n) is 4.43. The summed E-state index contributed by atoms with van der Waals surface area (Å²) in [5, 5.41) is 0. The first-order valence-electron chi connectivity index (χ1n) is 6.02. The average molecular weight is 222 g/mol. The number of hydrogen-bond acceptors (Lipinski definition) is 1. The van der Waals surface area contributed by atoms with Gasteiger partial charge in [-0.3, -0.25) is 4.79 Å². The lowest BCUT2D eigenvalue weighted by molar-refractivity contribution is -0.113. The molecule has 16 heavy (non-hydrogen) atoms. The molecule has 90 valence electrons. The molecule has 0 aliphatic carbocycles. The van der Waals surface area contributed by atoms with E-state index in [1.54, 1.807) is 0 Å². The molecule has 0 aromatic heterocycles. The molecule has 0 N–H and O–H groups in total. The summed E-state index contributed by atoms with van der Waals surface area (Å²) in [6, 6.07) is 0. The van der Waals surface area contributed by atoms with Gasteiger partial charge in [0.25, 0.3) is 5.78 Å². The summed E-state index contributed by atoms with van der Waals surface area (Å²) >= 11 is 0. The maximum absolute atomic E-state index is 11.6. The van der Waals surface area contributed by atoms with Crippen molar-refractivity contribution in [2.45, 2.75) is 52.9 Å². The molecular formula is C13H22N2O. The number of unbranched alkanes of at least 4 members (excludes halogenated alkanes) is 3. The smallest absolute Gasteiger partial charge is 0.327 e. The number of carbonyl (C=O) groups is 1. The molecule has 0 radical (unpaired) electrons. The number of rotatable bonds is 8. The van der Waals surface area contributed by atoms with E-state index in [4.69, 9.17) is 5.53 Å². The van der Waals surface area contributed by atoms with Gasteiger partial charge >= 0.3 is 6.21 Å². The van der Waals surface area contributed by atoms with Crippen LogP contribution >= 0.6 is 0 Å². The monoisotopic (exact) mass is 222 g/mol. The van der Waals surface area contributed by atoms with Crippen LogP contribution in [-0.2, 0) is 4.79 Å². The molecule has 0 aromatic carbocycles. The molecule has 0 spiro atoms. The van der Waals surface area contributed by atoms with Gasteiger partial charge in [-0.05, 0) is 25.2 Å². The van der Waals surface area contributed by atoms with E-state index in [9.17, 15) is 4.79 Å². The van der Waals surface area contributed by atoms with E-state index in [1.165, 1.54) is 12.8 Å². The van der Waals surface area contributed by atoms with Crippen molar-refractivity contribution in [2.75, 3.05) is 0 Å². The van der Waals surface area contributed by atoms with Crippen molar-refractivity contribution in [3.63, 3.8) is 0 Å². The Hall–Kier alpha value is -1.21. The third kappa shape index (κ3) is 7.13. The fourth-order valence-corrected chi connectivity index (χ4v) is 1.53. The minimum absolute atomic E-state index is 0.173. The first kappa shape index (κ1) is 14.8. The van der Waals surface area contributed by atoms with E-state index in [-0.39, 0.29) is 5.78 Å². The minimum atomic E-state index is -0.173. The molecule has 3 nitrogen and oxygen atoms in total. The Morgan fingerprint density at radius 1 is 1.38 bits per heavy atom. The van der Waals surface area contributed by atoms with Crippen LogP contribution in [0.15, 0.2) is 11.6 Å². The van der Waals surface area contributed by atoms with Gasteiger partial charge < -0.3 is 5.53 Å². The lowest BCUT2D eigenvalue weighted by atomic mass is 9.98. The third-order valence-corrected chi connectivity index (χ3v) is 2.32. The summed E-state index contributed by atoms with van der Waals surface area (Å²) in [4.78, 5) is 14.4. The van der Waals surface area contributed by atoms with Crippen molar-refractivity contribution in [1.29, 1.82) is 0 Å². The number of nitrogens with zero attached hydrogens (tertiary/aromatic N) is 2. The summed E-state index contributed by atoms with van der Waals surface area (Å²) in [7, 11) is 0. The highest BCUT2D eigenvalue weighted by atomic mass is 16.1. The van der Waals surface area contributed by atoms with E-state index in [1.807, 2.05) is 6.08 Å². The summed E-state index contributed by atoms with van der Waals surface area (Å²) in [5.74, 6) is 0.265. The Bertz CT molecular complexity index is 286. The van der Waals surface area contributed by atoms with E-state index in [0.29, 0.717) is 5.92 Å². The molecule has 0 unspecified atom stereocenters. The second-order valence-corrected chi connectivity index (χ2v) is 4.43. The predicted octanol–water partition coefficient (Wildman–Crippen LogP) is 3.41. The van der Waals surface area contributed by atoms with Crippen LogP contribution in [0.4, 0.5) is 0 Å². The second kappa shape index (κ2) is 9.05. The predicted molar refractivity (Wildman–Crippen MR) is 66.4 cm³/mol. The van der Waals surface area contributed by atoms with Crippen LogP contribution in [0.1, 0.15) is 52.9 Å². The highest BCUT2D eigenvalue weighted by molar-refractivity contribution is 6.33. The summed E-state index contributed by atoms with van der Waals surface area (Å²) in [6.07, 6.45) is 8.13. The fraction of sp³-hybridized carbons (Fsp3) is 0.692. The van der Waals surface area contributed by atoms with Crippen LogP contribution < -0.4 is 0 Å². The molecule has 0 aliphatic heterocycles. The van der Waals surface area contributed by atoms with Gasteiger partial charge in [0.05, 0.1) is 0 Å². The van der Waals surface area contributed by atoms with Crippen molar-refractivity contribution in [3.05, 3.63) is 17.2 Å². The number of ketones is 1. The van der Waals surface area contributed by atoms with Crippen LogP contribution in [0.5, 0.6) is 0 Å². The van der Waals surface area contributed by atoms with Crippen molar-refractivity contribution in [1.82, 2.24) is 0 Å². The van der Waals surface area contributed by atoms with Crippen molar-refractivity contribution < 1.29 is 9.58 Å². The van der Waals surface area contributed by atoms with Gasteiger partial charge in [0.1, 0.15) is 0 Å². The number of hydrogen-bond donors (Lipinski definition) is 0. The number of Topliss-reactive ketones (excluding diaryl/α,β-unsaturated/α-hetero) is 1. The van der Waals surface area contributed by atoms with Crippen LogP contribution in [0.2, 0.25) is 0 Å². The molecule has 0 atom stereocenters. The maximum Gasteiger partial charge on any atom is 0.327 e. The molecule has 3 heteroatoms. The van der Waals surface area contributed by atoms with Gasteiger partial charge in [-0.1, -0.05) is 39.7 Å². The SMILES string of the molecule is CCCCC/C=C(/CC(C)C)C(=O)C=[N+]=[N-]. The van der Waals surface area contributed by atoms with Crippen molar-refractivity contribution in [3.8, 4) is 0 Å². The molecule has 0 rings (SSSR count). The maximum atomic E-state index is 11.6.